The number of methoxy groups -OCH3 is 1. The maximum absolute atomic E-state index is 5.28. The molecule has 2 aliphatic rings. The third-order valence-corrected chi connectivity index (χ3v) is 5.54. The smallest absolute Gasteiger partial charge is 0.191 e. The predicted molar refractivity (Wildman–Crippen MR) is 97.0 cm³/mol. The fraction of sp³-hybridized carbons (Fsp3) is 0.944. The number of hydrogen-bond acceptors (Lipinski definition) is 3. The molecule has 0 bridgehead atoms. The highest BCUT2D eigenvalue weighted by Crippen LogP contribution is 2.44. The van der Waals surface area contributed by atoms with Gasteiger partial charge < -0.3 is 20.3 Å². The summed E-state index contributed by atoms with van der Waals surface area (Å²) in [6, 6.07) is 0. The molecule has 1 unspecified atom stereocenters. The van der Waals surface area contributed by atoms with E-state index in [2.05, 4.69) is 29.4 Å². The summed E-state index contributed by atoms with van der Waals surface area (Å²) in [5.74, 6) is 1.75. The van der Waals surface area contributed by atoms with Crippen molar-refractivity contribution in [2.24, 2.45) is 16.3 Å². The Bertz CT molecular complexity index is 368. The first-order chi connectivity index (χ1) is 11.2. The van der Waals surface area contributed by atoms with Gasteiger partial charge in [0.1, 0.15) is 0 Å². The number of hydrogen-bond donors (Lipinski definition) is 2. The summed E-state index contributed by atoms with van der Waals surface area (Å²) in [6.07, 6.45) is 6.39. The Kier molecular flexibility index (Phi) is 7.63. The Morgan fingerprint density at radius 1 is 1.30 bits per heavy atom. The van der Waals surface area contributed by atoms with Crippen molar-refractivity contribution in [3.63, 3.8) is 0 Å². The summed E-state index contributed by atoms with van der Waals surface area (Å²) in [4.78, 5) is 7.42. The number of rotatable bonds is 9. The van der Waals surface area contributed by atoms with E-state index in [-0.39, 0.29) is 0 Å². The molecule has 0 aromatic heterocycles. The molecule has 0 aromatic carbocycles. The minimum Gasteiger partial charge on any atom is -0.385 e. The molecular weight excluding hydrogens is 288 g/mol. The van der Waals surface area contributed by atoms with Crippen LogP contribution >= 0.6 is 0 Å². The van der Waals surface area contributed by atoms with Gasteiger partial charge in [0.15, 0.2) is 5.96 Å². The zero-order valence-corrected chi connectivity index (χ0v) is 15.4. The van der Waals surface area contributed by atoms with Crippen LogP contribution in [0.25, 0.3) is 0 Å². The molecule has 2 fully saturated rings. The van der Waals surface area contributed by atoms with E-state index in [0.717, 1.165) is 44.5 Å². The molecule has 5 heteroatoms. The van der Waals surface area contributed by atoms with Gasteiger partial charge in [-0.25, -0.2) is 0 Å². The van der Waals surface area contributed by atoms with E-state index < -0.39 is 0 Å². The molecule has 5 nitrogen and oxygen atoms in total. The minimum atomic E-state index is 0.394. The van der Waals surface area contributed by atoms with Crippen LogP contribution in [0.3, 0.4) is 0 Å². The van der Waals surface area contributed by atoms with Gasteiger partial charge in [0, 0.05) is 39.9 Å². The normalized spacial score (nSPS) is 24.5. The third kappa shape index (κ3) is 5.64. The van der Waals surface area contributed by atoms with Crippen LogP contribution < -0.4 is 10.6 Å². The van der Waals surface area contributed by atoms with E-state index >= 15 is 0 Å². The van der Waals surface area contributed by atoms with E-state index in [1.807, 2.05) is 0 Å². The van der Waals surface area contributed by atoms with E-state index in [9.17, 15) is 0 Å². The first-order valence-electron chi connectivity index (χ1n) is 9.45. The lowest BCUT2D eigenvalue weighted by molar-refractivity contribution is 0.0778. The van der Waals surface area contributed by atoms with Crippen molar-refractivity contribution in [2.45, 2.75) is 46.0 Å². The van der Waals surface area contributed by atoms with E-state index in [1.165, 1.54) is 45.3 Å². The second-order valence-electron chi connectivity index (χ2n) is 7.22. The summed E-state index contributed by atoms with van der Waals surface area (Å²) >= 11 is 0. The molecule has 1 saturated heterocycles. The molecule has 2 rings (SSSR count). The molecule has 0 amide bonds. The molecule has 1 heterocycles. The van der Waals surface area contributed by atoms with Crippen molar-refractivity contribution in [3.05, 3.63) is 0 Å². The summed E-state index contributed by atoms with van der Waals surface area (Å²) in [5.41, 5.74) is 0.394. The Labute approximate surface area is 142 Å². The topological polar surface area (TPSA) is 48.9 Å². The van der Waals surface area contributed by atoms with E-state index in [1.54, 1.807) is 7.11 Å². The van der Waals surface area contributed by atoms with E-state index in [0.29, 0.717) is 5.41 Å². The number of nitrogens with one attached hydrogen (secondary N) is 2. The highest BCUT2D eigenvalue weighted by molar-refractivity contribution is 5.79. The van der Waals surface area contributed by atoms with Gasteiger partial charge >= 0.3 is 0 Å². The zero-order chi connectivity index (χ0) is 16.5. The quantitative estimate of drug-likeness (QED) is 0.504. The highest BCUT2D eigenvalue weighted by Gasteiger charge is 2.36. The average molecular weight is 325 g/mol. The molecule has 1 aliphatic carbocycles. The SMILES string of the molecule is CCNC(=NCC1(CCOC)CCC1)NCC1CCN(CC)C1. The van der Waals surface area contributed by atoms with Gasteiger partial charge in [-0.2, -0.15) is 0 Å². The van der Waals surface area contributed by atoms with Crippen LogP contribution in [0.4, 0.5) is 0 Å². The van der Waals surface area contributed by atoms with Gasteiger partial charge in [0.05, 0.1) is 0 Å². The average Bonchev–Trinajstić information content (AvgIpc) is 2.99. The van der Waals surface area contributed by atoms with Gasteiger partial charge in [-0.1, -0.05) is 13.3 Å². The van der Waals surface area contributed by atoms with Crippen LogP contribution in [0.2, 0.25) is 0 Å². The summed E-state index contributed by atoms with van der Waals surface area (Å²) in [5, 5.41) is 6.97. The standard InChI is InChI=1S/C18H36N4O/c1-4-19-17(20-13-16-7-11-22(5-2)14-16)21-15-18(8-6-9-18)10-12-23-3/h16H,4-15H2,1-3H3,(H2,19,20,21). The predicted octanol–water partition coefficient (Wildman–Crippen LogP) is 2.09. The second kappa shape index (κ2) is 9.48. The Hall–Kier alpha value is -0.810. The number of aliphatic imine (C=N–C) groups is 1. The fourth-order valence-corrected chi connectivity index (χ4v) is 3.68. The van der Waals surface area contributed by atoms with Gasteiger partial charge in [-0.15, -0.1) is 0 Å². The molecule has 0 radical (unpaired) electrons. The summed E-state index contributed by atoms with van der Waals surface area (Å²) < 4.78 is 5.28. The first-order valence-corrected chi connectivity index (χ1v) is 9.45. The van der Waals surface area contributed by atoms with Crippen LogP contribution in [0, 0.1) is 11.3 Å². The van der Waals surface area contributed by atoms with E-state index in [4.69, 9.17) is 9.73 Å². The molecular formula is C18H36N4O. The van der Waals surface area contributed by atoms with Gasteiger partial charge in [-0.05, 0) is 57.0 Å². The molecule has 1 aliphatic heterocycles. The van der Waals surface area contributed by atoms with Crippen molar-refractivity contribution in [1.29, 1.82) is 0 Å². The maximum atomic E-state index is 5.28. The van der Waals surface area contributed by atoms with Gasteiger partial charge in [-0.3, -0.25) is 4.99 Å². The first kappa shape index (κ1) is 18.5. The molecule has 1 saturated carbocycles. The lowest BCUT2D eigenvalue weighted by atomic mass is 9.67. The lowest BCUT2D eigenvalue weighted by Crippen LogP contribution is -2.42. The molecule has 0 spiro atoms. The van der Waals surface area contributed by atoms with Gasteiger partial charge in [0.25, 0.3) is 0 Å². The highest BCUT2D eigenvalue weighted by atomic mass is 16.5. The van der Waals surface area contributed by atoms with Crippen LogP contribution in [-0.2, 0) is 4.74 Å². The third-order valence-electron chi connectivity index (χ3n) is 5.54. The van der Waals surface area contributed by atoms with Crippen molar-refractivity contribution in [3.8, 4) is 0 Å². The Balaban J connectivity index is 1.80. The number of ether oxygens (including phenoxy) is 1. The van der Waals surface area contributed by atoms with Crippen LogP contribution in [0.5, 0.6) is 0 Å². The molecule has 1 atom stereocenters. The Morgan fingerprint density at radius 2 is 2.13 bits per heavy atom. The van der Waals surface area contributed by atoms with Crippen LogP contribution in [0.15, 0.2) is 4.99 Å². The van der Waals surface area contributed by atoms with Crippen LogP contribution in [0.1, 0.15) is 46.0 Å². The monoisotopic (exact) mass is 324 g/mol. The van der Waals surface area contributed by atoms with Crippen LogP contribution in [-0.4, -0.2) is 63.8 Å². The Morgan fingerprint density at radius 3 is 2.70 bits per heavy atom. The summed E-state index contributed by atoms with van der Waals surface area (Å²) in [7, 11) is 1.79. The number of guanidine groups is 1. The minimum absolute atomic E-state index is 0.394. The maximum Gasteiger partial charge on any atom is 0.191 e. The number of likely N-dealkylation sites (tertiary alicyclic amines) is 1. The van der Waals surface area contributed by atoms with Crippen molar-refractivity contribution >= 4 is 5.96 Å². The molecule has 134 valence electrons. The fourth-order valence-electron chi connectivity index (χ4n) is 3.68. The summed E-state index contributed by atoms with van der Waals surface area (Å²) in [6.45, 7) is 11.8. The molecule has 0 aromatic rings. The largest absolute Gasteiger partial charge is 0.385 e. The van der Waals surface area contributed by atoms with Gasteiger partial charge in [0.2, 0.25) is 0 Å². The molecule has 2 N–H and O–H groups in total. The van der Waals surface area contributed by atoms with Crippen molar-refractivity contribution in [1.82, 2.24) is 15.5 Å². The van der Waals surface area contributed by atoms with Crippen molar-refractivity contribution < 1.29 is 4.74 Å². The molecule has 23 heavy (non-hydrogen) atoms. The lowest BCUT2D eigenvalue weighted by Gasteiger charge is -2.40. The second-order valence-corrected chi connectivity index (χ2v) is 7.22. The zero-order valence-electron chi connectivity index (χ0n) is 15.4. The number of nitrogens with zero attached hydrogens (tertiary/aromatic N) is 2. The van der Waals surface area contributed by atoms with Crippen molar-refractivity contribution in [2.75, 3.05) is 53.0 Å².